The third-order valence-corrected chi connectivity index (χ3v) is 2.81. The summed E-state index contributed by atoms with van der Waals surface area (Å²) >= 11 is 0. The Morgan fingerprint density at radius 1 is 1.13 bits per heavy atom. The van der Waals surface area contributed by atoms with Gasteiger partial charge >= 0.3 is 12.5 Å². The van der Waals surface area contributed by atoms with Gasteiger partial charge in [-0.2, -0.15) is 0 Å². The van der Waals surface area contributed by atoms with Gasteiger partial charge < -0.3 is 14.2 Å². The maximum atomic E-state index is 12.3. The maximum Gasteiger partial charge on any atom is 0.573 e. The Morgan fingerprint density at radius 2 is 1.87 bits per heavy atom. The second kappa shape index (κ2) is 6.55. The van der Waals surface area contributed by atoms with Crippen LogP contribution in [-0.2, 0) is 4.74 Å². The molecule has 1 aromatic heterocycles. The van der Waals surface area contributed by atoms with E-state index in [4.69, 9.17) is 4.74 Å². The van der Waals surface area contributed by atoms with Crippen molar-refractivity contribution in [3.63, 3.8) is 0 Å². The molecule has 0 saturated heterocycles. The average molecular weight is 327 g/mol. The number of halogens is 3. The lowest BCUT2D eigenvalue weighted by Gasteiger charge is -2.12. The van der Waals surface area contributed by atoms with E-state index in [2.05, 4.69) is 14.5 Å². The molecule has 2 rings (SSSR count). The van der Waals surface area contributed by atoms with Gasteiger partial charge in [-0.3, -0.25) is 4.98 Å². The molecule has 8 heteroatoms. The monoisotopic (exact) mass is 327 g/mol. The third-order valence-electron chi connectivity index (χ3n) is 2.81. The van der Waals surface area contributed by atoms with Crippen molar-refractivity contribution < 1.29 is 32.2 Å². The van der Waals surface area contributed by atoms with Crippen LogP contribution in [0, 0.1) is 6.92 Å². The van der Waals surface area contributed by atoms with E-state index in [1.54, 1.807) is 0 Å². The van der Waals surface area contributed by atoms with Crippen LogP contribution < -0.4 is 9.47 Å². The number of nitrogens with zero attached hydrogens (tertiary/aromatic N) is 1. The number of rotatable bonds is 3. The molecule has 5 nitrogen and oxygen atoms in total. The first-order chi connectivity index (χ1) is 10.8. The van der Waals surface area contributed by atoms with Crippen LogP contribution in [-0.4, -0.2) is 24.6 Å². The fraction of sp³-hybridized carbons (Fsp3) is 0.200. The highest BCUT2D eigenvalue weighted by Gasteiger charge is 2.31. The van der Waals surface area contributed by atoms with Crippen molar-refractivity contribution in [2.45, 2.75) is 13.3 Å². The number of ether oxygens (including phenoxy) is 3. The number of carbonyl (C=O) groups is 1. The van der Waals surface area contributed by atoms with Crippen LogP contribution in [0.1, 0.15) is 5.56 Å². The molecule has 122 valence electrons. The molecule has 1 aromatic carbocycles. The molecule has 0 aliphatic rings. The van der Waals surface area contributed by atoms with Crippen LogP contribution in [0.3, 0.4) is 0 Å². The SMILES string of the molecule is COC(=O)Oc1cncc(-c2ccc(OC(F)(F)F)c(C)c2)c1. The van der Waals surface area contributed by atoms with Gasteiger partial charge in [0.15, 0.2) is 5.75 Å². The molecule has 0 atom stereocenters. The largest absolute Gasteiger partial charge is 0.573 e. The van der Waals surface area contributed by atoms with Gasteiger partial charge in [-0.15, -0.1) is 13.2 Å². The number of carbonyl (C=O) groups excluding carboxylic acids is 1. The van der Waals surface area contributed by atoms with Crippen molar-refractivity contribution in [1.29, 1.82) is 0 Å². The first-order valence-corrected chi connectivity index (χ1v) is 6.36. The minimum Gasteiger partial charge on any atom is -0.437 e. The van der Waals surface area contributed by atoms with Gasteiger partial charge in [0.2, 0.25) is 0 Å². The van der Waals surface area contributed by atoms with E-state index in [0.717, 1.165) is 0 Å². The first kappa shape index (κ1) is 16.6. The number of hydrogen-bond acceptors (Lipinski definition) is 5. The lowest BCUT2D eigenvalue weighted by Crippen LogP contribution is -2.17. The summed E-state index contributed by atoms with van der Waals surface area (Å²) in [4.78, 5) is 15.0. The van der Waals surface area contributed by atoms with Crippen molar-refractivity contribution in [1.82, 2.24) is 4.98 Å². The Balaban J connectivity index is 2.27. The van der Waals surface area contributed by atoms with Crippen molar-refractivity contribution >= 4 is 6.16 Å². The van der Waals surface area contributed by atoms with Gasteiger partial charge in [-0.1, -0.05) is 6.07 Å². The molecule has 0 bridgehead atoms. The molecule has 0 fully saturated rings. The summed E-state index contributed by atoms with van der Waals surface area (Å²) < 4.78 is 49.9. The van der Waals surface area contributed by atoms with E-state index in [-0.39, 0.29) is 11.5 Å². The molecule has 0 unspecified atom stereocenters. The Labute approximate surface area is 129 Å². The average Bonchev–Trinajstić information content (AvgIpc) is 2.48. The molecule has 0 saturated carbocycles. The normalized spacial score (nSPS) is 11.0. The topological polar surface area (TPSA) is 57.7 Å². The third kappa shape index (κ3) is 4.60. The lowest BCUT2D eigenvalue weighted by atomic mass is 10.0. The van der Waals surface area contributed by atoms with Crippen LogP contribution >= 0.6 is 0 Å². The predicted octanol–water partition coefficient (Wildman–Crippen LogP) is 4.10. The summed E-state index contributed by atoms with van der Waals surface area (Å²) in [7, 11) is 1.17. The smallest absolute Gasteiger partial charge is 0.437 e. The zero-order valence-corrected chi connectivity index (χ0v) is 12.2. The van der Waals surface area contributed by atoms with E-state index < -0.39 is 12.5 Å². The summed E-state index contributed by atoms with van der Waals surface area (Å²) in [5.41, 5.74) is 1.46. The van der Waals surface area contributed by atoms with Gasteiger partial charge in [0.05, 0.1) is 13.3 Å². The van der Waals surface area contributed by atoms with E-state index in [1.165, 1.54) is 50.7 Å². The fourth-order valence-corrected chi connectivity index (χ4v) is 1.84. The second-order valence-corrected chi connectivity index (χ2v) is 4.49. The minimum absolute atomic E-state index is 0.155. The van der Waals surface area contributed by atoms with Crippen LogP contribution in [0.2, 0.25) is 0 Å². The summed E-state index contributed by atoms with van der Waals surface area (Å²) in [6.07, 6.45) is -2.84. The minimum atomic E-state index is -4.75. The van der Waals surface area contributed by atoms with Crippen LogP contribution in [0.25, 0.3) is 11.1 Å². The quantitative estimate of drug-likeness (QED) is 0.794. The Morgan fingerprint density at radius 3 is 2.48 bits per heavy atom. The number of hydrogen-bond donors (Lipinski definition) is 0. The molecule has 2 aromatic rings. The van der Waals surface area contributed by atoms with Gasteiger partial charge in [-0.05, 0) is 36.2 Å². The molecule has 0 spiro atoms. The zero-order chi connectivity index (χ0) is 17.0. The van der Waals surface area contributed by atoms with Crippen LogP contribution in [0.15, 0.2) is 36.7 Å². The summed E-state index contributed by atoms with van der Waals surface area (Å²) in [6.45, 7) is 1.49. The van der Waals surface area contributed by atoms with E-state index in [0.29, 0.717) is 16.7 Å². The standard InChI is InChI=1S/C15H12F3NO4/c1-9-5-10(3-4-13(9)23-15(16,17)18)11-6-12(8-19-7-11)22-14(20)21-2/h3-8H,1-2H3. The molecule has 0 radical (unpaired) electrons. The predicted molar refractivity (Wildman–Crippen MR) is 74.1 cm³/mol. The second-order valence-electron chi connectivity index (χ2n) is 4.49. The van der Waals surface area contributed by atoms with Crippen molar-refractivity contribution in [2.75, 3.05) is 7.11 Å². The zero-order valence-electron chi connectivity index (χ0n) is 12.2. The lowest BCUT2D eigenvalue weighted by molar-refractivity contribution is -0.274. The Bertz CT molecular complexity index is 716. The molecule has 23 heavy (non-hydrogen) atoms. The summed E-state index contributed by atoms with van der Waals surface area (Å²) in [5.74, 6) is -0.126. The highest BCUT2D eigenvalue weighted by molar-refractivity contribution is 5.68. The van der Waals surface area contributed by atoms with E-state index in [1.807, 2.05) is 0 Å². The number of benzene rings is 1. The van der Waals surface area contributed by atoms with Crippen LogP contribution in [0.5, 0.6) is 11.5 Å². The number of methoxy groups -OCH3 is 1. The van der Waals surface area contributed by atoms with Crippen LogP contribution in [0.4, 0.5) is 18.0 Å². The number of pyridine rings is 1. The van der Waals surface area contributed by atoms with E-state index in [9.17, 15) is 18.0 Å². The number of alkyl halides is 3. The Hall–Kier alpha value is -2.77. The summed E-state index contributed by atoms with van der Waals surface area (Å²) in [6, 6.07) is 5.70. The number of aromatic nitrogens is 1. The van der Waals surface area contributed by atoms with Gasteiger partial charge in [0.25, 0.3) is 0 Å². The van der Waals surface area contributed by atoms with Gasteiger partial charge in [0, 0.05) is 11.8 Å². The molecule has 0 aliphatic carbocycles. The van der Waals surface area contributed by atoms with Crippen molar-refractivity contribution in [3.05, 3.63) is 42.2 Å². The van der Waals surface area contributed by atoms with Gasteiger partial charge in [-0.25, -0.2) is 4.79 Å². The molecule has 0 aliphatic heterocycles. The molecular weight excluding hydrogens is 315 g/mol. The molecule has 0 amide bonds. The first-order valence-electron chi connectivity index (χ1n) is 6.36. The Kier molecular flexibility index (Phi) is 4.73. The molecule has 0 N–H and O–H groups in total. The highest BCUT2D eigenvalue weighted by Crippen LogP contribution is 2.30. The van der Waals surface area contributed by atoms with Crippen molar-refractivity contribution in [3.8, 4) is 22.6 Å². The number of aryl methyl sites for hydroxylation is 1. The fourth-order valence-electron chi connectivity index (χ4n) is 1.84. The molecular formula is C15H12F3NO4. The summed E-state index contributed by atoms with van der Waals surface area (Å²) in [5, 5.41) is 0. The van der Waals surface area contributed by atoms with Crippen molar-refractivity contribution in [2.24, 2.45) is 0 Å². The van der Waals surface area contributed by atoms with E-state index >= 15 is 0 Å². The highest BCUT2D eigenvalue weighted by atomic mass is 19.4. The molecule has 1 heterocycles. The maximum absolute atomic E-state index is 12.3. The van der Waals surface area contributed by atoms with Gasteiger partial charge in [0.1, 0.15) is 5.75 Å².